The summed E-state index contributed by atoms with van der Waals surface area (Å²) in [6.45, 7) is 9.09. The molecule has 9 heavy (non-hydrogen) atoms. The molecule has 0 radical (unpaired) electrons. The molecule has 0 unspecified atom stereocenters. The maximum atomic E-state index is 2.31. The molecule has 0 aromatic carbocycles. The molecule has 0 aliphatic carbocycles. The third-order valence-electron chi connectivity index (χ3n) is 2.19. The topological polar surface area (TPSA) is 0 Å². The van der Waals surface area contributed by atoms with Crippen LogP contribution in [0.2, 0.25) is 0 Å². The van der Waals surface area contributed by atoms with Crippen molar-refractivity contribution in [3.8, 4) is 0 Å². The second-order valence-electron chi connectivity index (χ2n) is 3.35. The summed E-state index contributed by atoms with van der Waals surface area (Å²) in [7, 11) is 0. The van der Waals surface area contributed by atoms with Gasteiger partial charge in [0.05, 0.1) is 0 Å². The lowest BCUT2D eigenvalue weighted by Gasteiger charge is -2.17. The molecule has 0 saturated carbocycles. The summed E-state index contributed by atoms with van der Waals surface area (Å²) in [5.41, 5.74) is 2.04. The van der Waals surface area contributed by atoms with E-state index in [1.165, 1.54) is 10.7 Å². The van der Waals surface area contributed by atoms with Crippen LogP contribution < -0.4 is 0 Å². The van der Waals surface area contributed by atoms with Crippen LogP contribution in [-0.2, 0) is 0 Å². The molecule has 0 spiro atoms. The van der Waals surface area contributed by atoms with Crippen LogP contribution in [0.3, 0.4) is 0 Å². The Morgan fingerprint density at radius 1 is 1.33 bits per heavy atom. The van der Waals surface area contributed by atoms with Crippen molar-refractivity contribution >= 4 is 11.8 Å². The average molecular weight is 142 g/mol. The summed E-state index contributed by atoms with van der Waals surface area (Å²) in [4.78, 5) is 1.53. The Morgan fingerprint density at radius 3 is 2.00 bits per heavy atom. The molecule has 1 aliphatic heterocycles. The van der Waals surface area contributed by atoms with Crippen LogP contribution in [-0.4, -0.2) is 5.75 Å². The van der Waals surface area contributed by atoms with Crippen LogP contribution in [0.25, 0.3) is 0 Å². The first-order chi connectivity index (χ1) is 4.04. The van der Waals surface area contributed by atoms with Gasteiger partial charge in [0.15, 0.2) is 0 Å². The van der Waals surface area contributed by atoms with Crippen molar-refractivity contribution in [3.63, 3.8) is 0 Å². The molecule has 52 valence electrons. The summed E-state index contributed by atoms with van der Waals surface area (Å²) in [5, 5.41) is 0. The highest BCUT2D eigenvalue weighted by molar-refractivity contribution is 8.03. The predicted octanol–water partition coefficient (Wildman–Crippen LogP) is 3.05. The molecule has 1 heteroatoms. The molecule has 0 amide bonds. The van der Waals surface area contributed by atoms with Gasteiger partial charge in [-0.2, -0.15) is 0 Å². The highest BCUT2D eigenvalue weighted by Crippen LogP contribution is 2.43. The van der Waals surface area contributed by atoms with Gasteiger partial charge in [0.1, 0.15) is 0 Å². The van der Waals surface area contributed by atoms with E-state index in [1.807, 2.05) is 11.8 Å². The molecule has 0 atom stereocenters. The van der Waals surface area contributed by atoms with E-state index in [9.17, 15) is 0 Å². The standard InChI is InChI=1S/C8H14S/c1-6-7(2)9-5-8(6,3)4/h5H2,1-4H3. The summed E-state index contributed by atoms with van der Waals surface area (Å²) in [6.07, 6.45) is 0. The first-order valence-electron chi connectivity index (χ1n) is 3.35. The van der Waals surface area contributed by atoms with Crippen molar-refractivity contribution in [2.24, 2.45) is 5.41 Å². The molecule has 0 N–H and O–H groups in total. The molecular formula is C8H14S. The lowest BCUT2D eigenvalue weighted by atomic mass is 9.88. The maximum Gasteiger partial charge on any atom is 0.00657 e. The SMILES string of the molecule is CC1=C(C)C(C)(C)CS1. The van der Waals surface area contributed by atoms with E-state index in [2.05, 4.69) is 27.7 Å². The normalized spacial score (nSPS) is 25.3. The van der Waals surface area contributed by atoms with Gasteiger partial charge < -0.3 is 0 Å². The average Bonchev–Trinajstić information content (AvgIpc) is 1.97. The van der Waals surface area contributed by atoms with Crippen molar-refractivity contribution in [1.82, 2.24) is 0 Å². The highest BCUT2D eigenvalue weighted by atomic mass is 32.2. The minimum absolute atomic E-state index is 0.467. The molecular weight excluding hydrogens is 128 g/mol. The quantitative estimate of drug-likeness (QED) is 0.501. The van der Waals surface area contributed by atoms with Crippen molar-refractivity contribution < 1.29 is 0 Å². The Labute approximate surface area is 61.7 Å². The zero-order chi connectivity index (χ0) is 7.07. The van der Waals surface area contributed by atoms with E-state index in [0.29, 0.717) is 5.41 Å². The zero-order valence-electron chi connectivity index (χ0n) is 6.62. The molecule has 0 nitrogen and oxygen atoms in total. The Hall–Kier alpha value is 0.0900. The number of hydrogen-bond donors (Lipinski definition) is 0. The number of rotatable bonds is 0. The van der Waals surface area contributed by atoms with Gasteiger partial charge in [0, 0.05) is 5.75 Å². The molecule has 0 bridgehead atoms. The second kappa shape index (κ2) is 2.05. The summed E-state index contributed by atoms with van der Waals surface area (Å²) >= 11 is 1.99. The number of thioether (sulfide) groups is 1. The summed E-state index contributed by atoms with van der Waals surface area (Å²) in [6, 6.07) is 0. The number of allylic oxidation sites excluding steroid dienone is 2. The molecule has 1 rings (SSSR count). The van der Waals surface area contributed by atoms with Gasteiger partial charge in [-0.1, -0.05) is 19.4 Å². The van der Waals surface area contributed by atoms with Crippen LogP contribution in [0.4, 0.5) is 0 Å². The molecule has 0 saturated heterocycles. The Morgan fingerprint density at radius 2 is 1.89 bits per heavy atom. The Balaban J connectivity index is 2.88. The molecule has 0 fully saturated rings. The van der Waals surface area contributed by atoms with Gasteiger partial charge >= 0.3 is 0 Å². The minimum Gasteiger partial charge on any atom is -0.130 e. The van der Waals surface area contributed by atoms with Crippen molar-refractivity contribution in [2.45, 2.75) is 27.7 Å². The largest absolute Gasteiger partial charge is 0.130 e. The summed E-state index contributed by atoms with van der Waals surface area (Å²) in [5.74, 6) is 1.27. The minimum atomic E-state index is 0.467. The van der Waals surface area contributed by atoms with E-state index in [0.717, 1.165) is 0 Å². The highest BCUT2D eigenvalue weighted by Gasteiger charge is 2.27. The third kappa shape index (κ3) is 1.16. The fourth-order valence-corrected chi connectivity index (χ4v) is 2.27. The van der Waals surface area contributed by atoms with Crippen LogP contribution in [0.1, 0.15) is 27.7 Å². The summed E-state index contributed by atoms with van der Waals surface area (Å²) < 4.78 is 0. The smallest absolute Gasteiger partial charge is 0.00657 e. The van der Waals surface area contributed by atoms with Crippen LogP contribution in [0, 0.1) is 5.41 Å². The Bertz CT molecular complexity index is 154. The van der Waals surface area contributed by atoms with Gasteiger partial charge in [0.25, 0.3) is 0 Å². The monoisotopic (exact) mass is 142 g/mol. The van der Waals surface area contributed by atoms with E-state index in [-0.39, 0.29) is 0 Å². The van der Waals surface area contributed by atoms with Gasteiger partial charge in [-0.3, -0.25) is 0 Å². The fraction of sp³-hybridized carbons (Fsp3) is 0.750. The maximum absolute atomic E-state index is 2.31. The van der Waals surface area contributed by atoms with Gasteiger partial charge in [-0.05, 0) is 24.2 Å². The van der Waals surface area contributed by atoms with E-state index in [1.54, 1.807) is 5.57 Å². The predicted molar refractivity (Wildman–Crippen MR) is 44.6 cm³/mol. The van der Waals surface area contributed by atoms with Gasteiger partial charge in [0.2, 0.25) is 0 Å². The fourth-order valence-electron chi connectivity index (χ4n) is 0.982. The lowest BCUT2D eigenvalue weighted by Crippen LogP contribution is -2.11. The van der Waals surface area contributed by atoms with Crippen molar-refractivity contribution in [3.05, 3.63) is 10.5 Å². The Kier molecular flexibility index (Phi) is 1.64. The second-order valence-corrected chi connectivity index (χ2v) is 4.54. The molecule has 1 heterocycles. The van der Waals surface area contributed by atoms with Crippen molar-refractivity contribution in [2.75, 3.05) is 5.75 Å². The van der Waals surface area contributed by atoms with Crippen LogP contribution >= 0.6 is 11.8 Å². The van der Waals surface area contributed by atoms with Gasteiger partial charge in [-0.15, -0.1) is 11.8 Å². The first kappa shape index (κ1) is 7.20. The molecule has 0 aromatic heterocycles. The van der Waals surface area contributed by atoms with Gasteiger partial charge in [-0.25, -0.2) is 0 Å². The number of hydrogen-bond acceptors (Lipinski definition) is 1. The van der Waals surface area contributed by atoms with E-state index in [4.69, 9.17) is 0 Å². The molecule has 1 aliphatic rings. The lowest BCUT2D eigenvalue weighted by molar-refractivity contribution is 0.523. The van der Waals surface area contributed by atoms with Crippen LogP contribution in [0.15, 0.2) is 10.5 Å². The third-order valence-corrected chi connectivity index (χ3v) is 3.80. The zero-order valence-corrected chi connectivity index (χ0v) is 7.43. The van der Waals surface area contributed by atoms with E-state index >= 15 is 0 Å². The molecule has 0 aromatic rings. The van der Waals surface area contributed by atoms with Crippen LogP contribution in [0.5, 0.6) is 0 Å². The van der Waals surface area contributed by atoms with Crippen molar-refractivity contribution in [1.29, 1.82) is 0 Å². The van der Waals surface area contributed by atoms with E-state index < -0.39 is 0 Å². The first-order valence-corrected chi connectivity index (χ1v) is 4.33.